The highest BCUT2D eigenvalue weighted by Crippen LogP contribution is 2.25. The van der Waals surface area contributed by atoms with Crippen molar-refractivity contribution in [3.8, 4) is 0 Å². The second-order valence-corrected chi connectivity index (χ2v) is 4.80. The number of aryl methyl sites for hydroxylation is 1. The Hall–Kier alpha value is -1.96. The zero-order chi connectivity index (χ0) is 13.1. The Balaban J connectivity index is 2.18. The molecule has 2 rings (SSSR count). The minimum absolute atomic E-state index is 0.270. The molecule has 3 N–H and O–H groups in total. The average Bonchev–Trinajstić information content (AvgIpc) is 2.36. The van der Waals surface area contributed by atoms with Gasteiger partial charge in [-0.3, -0.25) is 0 Å². The van der Waals surface area contributed by atoms with Crippen LogP contribution in [-0.4, -0.2) is 0 Å². The predicted octanol–water partition coefficient (Wildman–Crippen LogP) is 4.06. The topological polar surface area (TPSA) is 38.0 Å². The van der Waals surface area contributed by atoms with Crippen molar-refractivity contribution in [1.82, 2.24) is 0 Å². The van der Waals surface area contributed by atoms with Crippen LogP contribution in [0, 0.1) is 13.8 Å². The molecule has 2 aromatic rings. The summed E-state index contributed by atoms with van der Waals surface area (Å²) in [5.41, 5.74) is 11.5. The van der Waals surface area contributed by atoms with Crippen LogP contribution in [0.1, 0.15) is 29.7 Å². The fourth-order valence-electron chi connectivity index (χ4n) is 1.98. The van der Waals surface area contributed by atoms with E-state index in [-0.39, 0.29) is 6.04 Å². The summed E-state index contributed by atoms with van der Waals surface area (Å²) in [7, 11) is 0. The van der Waals surface area contributed by atoms with E-state index >= 15 is 0 Å². The maximum Gasteiger partial charge on any atom is 0.0485 e. The van der Waals surface area contributed by atoms with Gasteiger partial charge in [-0.05, 0) is 44.0 Å². The molecule has 0 radical (unpaired) electrons. The first kappa shape index (κ1) is 12.5. The summed E-state index contributed by atoms with van der Waals surface area (Å²) < 4.78 is 0. The van der Waals surface area contributed by atoms with E-state index in [1.807, 2.05) is 19.1 Å². The molecular formula is C16H20N2. The minimum atomic E-state index is 0.270. The molecule has 0 aliphatic heterocycles. The Morgan fingerprint density at radius 2 is 1.67 bits per heavy atom. The van der Waals surface area contributed by atoms with E-state index < -0.39 is 0 Å². The molecule has 2 nitrogen and oxygen atoms in total. The number of nitrogen functional groups attached to an aromatic ring is 1. The molecular weight excluding hydrogens is 220 g/mol. The Bertz CT molecular complexity index is 529. The zero-order valence-electron chi connectivity index (χ0n) is 11.2. The Morgan fingerprint density at radius 1 is 1.00 bits per heavy atom. The molecule has 0 saturated heterocycles. The van der Waals surface area contributed by atoms with Crippen LogP contribution in [0.5, 0.6) is 0 Å². The van der Waals surface area contributed by atoms with Crippen molar-refractivity contribution in [3.05, 3.63) is 59.2 Å². The van der Waals surface area contributed by atoms with Gasteiger partial charge >= 0.3 is 0 Å². The molecule has 2 heteroatoms. The van der Waals surface area contributed by atoms with E-state index in [0.717, 1.165) is 16.9 Å². The number of hydrogen-bond donors (Lipinski definition) is 2. The van der Waals surface area contributed by atoms with E-state index in [1.54, 1.807) is 0 Å². The molecule has 1 unspecified atom stereocenters. The van der Waals surface area contributed by atoms with E-state index in [4.69, 9.17) is 5.73 Å². The average molecular weight is 240 g/mol. The Kier molecular flexibility index (Phi) is 3.56. The molecule has 0 spiro atoms. The summed E-state index contributed by atoms with van der Waals surface area (Å²) in [6, 6.07) is 14.8. The minimum Gasteiger partial charge on any atom is -0.398 e. The van der Waals surface area contributed by atoms with Gasteiger partial charge in [0.25, 0.3) is 0 Å². The molecule has 0 amide bonds. The van der Waals surface area contributed by atoms with E-state index in [9.17, 15) is 0 Å². The largest absolute Gasteiger partial charge is 0.398 e. The van der Waals surface area contributed by atoms with Crippen molar-refractivity contribution in [2.75, 3.05) is 11.1 Å². The lowest BCUT2D eigenvalue weighted by Crippen LogP contribution is -2.08. The monoisotopic (exact) mass is 240 g/mol. The zero-order valence-corrected chi connectivity index (χ0v) is 11.2. The van der Waals surface area contributed by atoms with E-state index in [1.165, 1.54) is 11.1 Å². The molecule has 2 aromatic carbocycles. The molecule has 0 heterocycles. The van der Waals surface area contributed by atoms with Gasteiger partial charge in [-0.25, -0.2) is 0 Å². The van der Waals surface area contributed by atoms with Crippen LogP contribution in [0.25, 0.3) is 0 Å². The lowest BCUT2D eigenvalue weighted by molar-refractivity contribution is 0.882. The van der Waals surface area contributed by atoms with Crippen LogP contribution >= 0.6 is 0 Å². The van der Waals surface area contributed by atoms with Crippen LogP contribution < -0.4 is 11.1 Å². The number of rotatable bonds is 3. The lowest BCUT2D eigenvalue weighted by Gasteiger charge is -2.18. The van der Waals surface area contributed by atoms with Crippen LogP contribution in [-0.2, 0) is 0 Å². The van der Waals surface area contributed by atoms with Gasteiger partial charge in [0.05, 0.1) is 0 Å². The maximum atomic E-state index is 5.91. The summed E-state index contributed by atoms with van der Waals surface area (Å²) in [4.78, 5) is 0. The first-order valence-corrected chi connectivity index (χ1v) is 6.26. The van der Waals surface area contributed by atoms with Crippen LogP contribution in [0.2, 0.25) is 0 Å². The maximum absolute atomic E-state index is 5.91. The lowest BCUT2D eigenvalue weighted by atomic mass is 10.1. The van der Waals surface area contributed by atoms with E-state index in [0.29, 0.717) is 0 Å². The standard InChI is InChI=1S/C16H20N2/c1-11-7-9-14(10-8-11)13(3)18-16-6-4-5-15(17)12(16)2/h4-10,13,18H,17H2,1-3H3. The number of hydrogen-bond acceptors (Lipinski definition) is 2. The number of nitrogens with two attached hydrogens (primary N) is 1. The molecule has 18 heavy (non-hydrogen) atoms. The van der Waals surface area contributed by atoms with Crippen molar-refractivity contribution < 1.29 is 0 Å². The summed E-state index contributed by atoms with van der Waals surface area (Å²) in [5, 5.41) is 3.51. The molecule has 0 saturated carbocycles. The van der Waals surface area contributed by atoms with Crippen molar-refractivity contribution in [3.63, 3.8) is 0 Å². The highest BCUT2D eigenvalue weighted by molar-refractivity contribution is 5.63. The summed E-state index contributed by atoms with van der Waals surface area (Å²) in [6.45, 7) is 6.30. The molecule has 0 fully saturated rings. The first-order chi connectivity index (χ1) is 8.58. The second kappa shape index (κ2) is 5.13. The molecule has 0 aromatic heterocycles. The van der Waals surface area contributed by atoms with Crippen LogP contribution in [0.3, 0.4) is 0 Å². The van der Waals surface area contributed by atoms with Gasteiger partial charge in [0.1, 0.15) is 0 Å². The Morgan fingerprint density at radius 3 is 2.33 bits per heavy atom. The highest BCUT2D eigenvalue weighted by atomic mass is 14.9. The van der Waals surface area contributed by atoms with Crippen LogP contribution in [0.15, 0.2) is 42.5 Å². The highest BCUT2D eigenvalue weighted by Gasteiger charge is 2.07. The quantitative estimate of drug-likeness (QED) is 0.794. The predicted molar refractivity (Wildman–Crippen MR) is 78.8 cm³/mol. The fraction of sp³-hybridized carbons (Fsp3) is 0.250. The summed E-state index contributed by atoms with van der Waals surface area (Å²) in [5.74, 6) is 0. The summed E-state index contributed by atoms with van der Waals surface area (Å²) >= 11 is 0. The molecule has 0 bridgehead atoms. The molecule has 94 valence electrons. The smallest absolute Gasteiger partial charge is 0.0485 e. The van der Waals surface area contributed by atoms with Gasteiger partial charge in [0.15, 0.2) is 0 Å². The normalized spacial score (nSPS) is 12.2. The van der Waals surface area contributed by atoms with Crippen molar-refractivity contribution in [2.24, 2.45) is 0 Å². The Labute approximate surface area is 109 Å². The fourth-order valence-corrected chi connectivity index (χ4v) is 1.98. The van der Waals surface area contributed by atoms with Crippen molar-refractivity contribution in [1.29, 1.82) is 0 Å². The van der Waals surface area contributed by atoms with Gasteiger partial charge in [0, 0.05) is 17.4 Å². The molecule has 0 aliphatic carbocycles. The van der Waals surface area contributed by atoms with Gasteiger partial charge in [-0.15, -0.1) is 0 Å². The third-order valence-electron chi connectivity index (χ3n) is 3.33. The number of anilines is 2. The molecule has 1 atom stereocenters. The van der Waals surface area contributed by atoms with E-state index in [2.05, 4.69) is 49.5 Å². The number of nitrogens with one attached hydrogen (secondary N) is 1. The van der Waals surface area contributed by atoms with Gasteiger partial charge in [0.2, 0.25) is 0 Å². The first-order valence-electron chi connectivity index (χ1n) is 6.26. The van der Waals surface area contributed by atoms with Crippen LogP contribution in [0.4, 0.5) is 11.4 Å². The third-order valence-corrected chi connectivity index (χ3v) is 3.33. The third kappa shape index (κ3) is 2.65. The van der Waals surface area contributed by atoms with Crippen molar-refractivity contribution in [2.45, 2.75) is 26.8 Å². The summed E-state index contributed by atoms with van der Waals surface area (Å²) in [6.07, 6.45) is 0. The van der Waals surface area contributed by atoms with Gasteiger partial charge < -0.3 is 11.1 Å². The van der Waals surface area contributed by atoms with Gasteiger partial charge in [-0.2, -0.15) is 0 Å². The van der Waals surface area contributed by atoms with Crippen molar-refractivity contribution >= 4 is 11.4 Å². The molecule has 0 aliphatic rings. The second-order valence-electron chi connectivity index (χ2n) is 4.80. The van der Waals surface area contributed by atoms with Gasteiger partial charge in [-0.1, -0.05) is 35.9 Å². The number of benzene rings is 2. The SMILES string of the molecule is Cc1ccc(C(C)Nc2cccc(N)c2C)cc1.